The summed E-state index contributed by atoms with van der Waals surface area (Å²) < 4.78 is 55.3. The van der Waals surface area contributed by atoms with E-state index in [-0.39, 0.29) is 87.8 Å². The first kappa shape index (κ1) is 31.1. The number of aromatic nitrogens is 2. The number of benzene rings is 1. The predicted molar refractivity (Wildman–Crippen MR) is 157 cm³/mol. The number of ether oxygens (including phenoxy) is 2. The lowest BCUT2D eigenvalue weighted by Gasteiger charge is -2.43. The highest BCUT2D eigenvalue weighted by Gasteiger charge is 2.52. The molecule has 2 fully saturated rings. The van der Waals surface area contributed by atoms with Crippen molar-refractivity contribution < 1.29 is 32.2 Å². The number of carbonyl (C=O) groups excluding carboxylic acids is 2. The molecule has 1 aromatic heterocycles. The molecular weight excluding hydrogens is 615 g/mol. The fourth-order valence-corrected chi connectivity index (χ4v) is 6.92. The highest BCUT2D eigenvalue weighted by Crippen LogP contribution is 2.46. The molecule has 4 atom stereocenters. The summed E-state index contributed by atoms with van der Waals surface area (Å²) in [4.78, 5) is 40.4. The maximum absolute atomic E-state index is 15.4. The number of alkyl halides is 1. The lowest BCUT2D eigenvalue weighted by Crippen LogP contribution is -2.56. The number of nitriles is 1. The second-order valence-corrected chi connectivity index (χ2v) is 12.1. The Bertz CT molecular complexity index is 1610. The van der Waals surface area contributed by atoms with Crippen LogP contribution in [0.3, 0.4) is 0 Å². The van der Waals surface area contributed by atoms with Gasteiger partial charge >= 0.3 is 6.01 Å². The average molecular weight is 646 g/mol. The van der Waals surface area contributed by atoms with E-state index >= 15 is 4.39 Å². The number of nitrogens with one attached hydrogen (secondary N) is 1. The van der Waals surface area contributed by atoms with Crippen LogP contribution >= 0.6 is 11.6 Å². The van der Waals surface area contributed by atoms with Gasteiger partial charge in [-0.2, -0.15) is 15.2 Å². The van der Waals surface area contributed by atoms with Gasteiger partial charge in [0, 0.05) is 49.2 Å². The molecule has 238 valence electrons. The standard InChI is InChI=1S/C30H31ClF3N7O4/c1-16(32)27(42)41-9-8-40(14-18(41)5-7-35)26-25-23(36-29(38-26)44-15-19-11-17(33)13-39(19)2)12-30(28(43)37-25)24-20(6-10-45-30)21(31)3-4-22(24)34/h3-4,17-19H,1,5-6,8-15H2,2H3,(H,37,43)/t17-,18+,19+,30?/m1/s1. The van der Waals surface area contributed by atoms with Gasteiger partial charge < -0.3 is 24.6 Å². The smallest absolute Gasteiger partial charge is 0.318 e. The van der Waals surface area contributed by atoms with E-state index in [4.69, 9.17) is 21.1 Å². The third kappa shape index (κ3) is 5.57. The number of likely N-dealkylation sites (N-methyl/N-ethyl adjacent to an activating group) is 1. The summed E-state index contributed by atoms with van der Waals surface area (Å²) in [5, 5.41) is 12.6. The summed E-state index contributed by atoms with van der Waals surface area (Å²) in [6.07, 6.45) is -0.646. The molecule has 5 heterocycles. The van der Waals surface area contributed by atoms with E-state index in [1.165, 1.54) is 17.0 Å². The number of piperazine rings is 1. The van der Waals surface area contributed by atoms with Crippen molar-refractivity contribution in [2.24, 2.45) is 0 Å². The summed E-state index contributed by atoms with van der Waals surface area (Å²) in [5.41, 5.74) is -0.699. The van der Waals surface area contributed by atoms with E-state index in [9.17, 15) is 23.6 Å². The lowest BCUT2D eigenvalue weighted by molar-refractivity contribution is -0.146. The summed E-state index contributed by atoms with van der Waals surface area (Å²) in [6, 6.07) is 3.69. The SMILES string of the molecule is C=C(F)C(=O)N1CCN(c2nc(OC[C@@H]3C[C@@H](F)CN3C)nc3c2NC(=O)C2(C3)OCCc3c(Cl)ccc(F)c32)C[C@@H]1CC#N. The first-order chi connectivity index (χ1) is 21.5. The summed E-state index contributed by atoms with van der Waals surface area (Å²) >= 11 is 6.42. The van der Waals surface area contributed by atoms with Gasteiger partial charge in [-0.3, -0.25) is 14.5 Å². The number of hydrogen-bond donors (Lipinski definition) is 1. The summed E-state index contributed by atoms with van der Waals surface area (Å²) in [6.45, 7) is 3.88. The average Bonchev–Trinajstić information content (AvgIpc) is 3.34. The molecule has 0 bridgehead atoms. The molecule has 0 saturated carbocycles. The van der Waals surface area contributed by atoms with Crippen LogP contribution in [0.2, 0.25) is 5.02 Å². The van der Waals surface area contributed by atoms with Crippen molar-refractivity contribution in [2.45, 2.75) is 49.5 Å². The predicted octanol–water partition coefficient (Wildman–Crippen LogP) is 3.07. The third-order valence-corrected chi connectivity index (χ3v) is 9.27. The number of carbonyl (C=O) groups is 2. The second-order valence-electron chi connectivity index (χ2n) is 11.7. The zero-order chi connectivity index (χ0) is 32.0. The van der Waals surface area contributed by atoms with Gasteiger partial charge in [0.15, 0.2) is 17.2 Å². The first-order valence-electron chi connectivity index (χ1n) is 14.6. The Balaban J connectivity index is 1.40. The number of halogens is 4. The van der Waals surface area contributed by atoms with E-state index in [0.29, 0.717) is 22.7 Å². The molecule has 1 spiro atoms. The molecule has 1 aromatic carbocycles. The largest absolute Gasteiger partial charge is 0.462 e. The van der Waals surface area contributed by atoms with Crippen LogP contribution in [0.5, 0.6) is 6.01 Å². The quantitative estimate of drug-likeness (QED) is 0.472. The molecule has 2 aromatic rings. The van der Waals surface area contributed by atoms with Gasteiger partial charge in [0.1, 0.15) is 24.3 Å². The van der Waals surface area contributed by atoms with Gasteiger partial charge in [0.05, 0.1) is 30.8 Å². The number of fused-ring (bicyclic) bond motifs is 3. The highest BCUT2D eigenvalue weighted by molar-refractivity contribution is 6.31. The Kier molecular flexibility index (Phi) is 8.36. The maximum Gasteiger partial charge on any atom is 0.318 e. The molecular formula is C30H31ClF3N7O4. The van der Waals surface area contributed by atoms with Crippen molar-refractivity contribution in [3.05, 3.63) is 52.2 Å². The number of hydrogen-bond acceptors (Lipinski definition) is 9. The van der Waals surface area contributed by atoms with Crippen LogP contribution in [-0.4, -0.2) is 96.3 Å². The van der Waals surface area contributed by atoms with Crippen LogP contribution in [0.1, 0.15) is 29.7 Å². The number of nitrogens with zero attached hydrogens (tertiary/aromatic N) is 6. The topological polar surface area (TPSA) is 124 Å². The van der Waals surface area contributed by atoms with Crippen molar-refractivity contribution in [3.8, 4) is 12.1 Å². The molecule has 1 N–H and O–H groups in total. The van der Waals surface area contributed by atoms with Gasteiger partial charge in [-0.25, -0.2) is 13.2 Å². The Morgan fingerprint density at radius 2 is 2.11 bits per heavy atom. The number of anilines is 2. The van der Waals surface area contributed by atoms with E-state index in [1.807, 2.05) is 11.0 Å². The molecule has 0 radical (unpaired) electrons. The zero-order valence-corrected chi connectivity index (χ0v) is 25.2. The molecule has 0 aliphatic carbocycles. The third-order valence-electron chi connectivity index (χ3n) is 8.92. The van der Waals surface area contributed by atoms with Crippen LogP contribution in [0.4, 0.5) is 24.7 Å². The Hall–Kier alpha value is -3.93. The number of likely N-dealkylation sites (tertiary alicyclic amines) is 1. The lowest BCUT2D eigenvalue weighted by atomic mass is 9.79. The van der Waals surface area contributed by atoms with Crippen molar-refractivity contribution in [2.75, 3.05) is 56.7 Å². The Morgan fingerprint density at radius 1 is 1.31 bits per heavy atom. The minimum Gasteiger partial charge on any atom is -0.462 e. The van der Waals surface area contributed by atoms with Crippen LogP contribution in [-0.2, 0) is 32.8 Å². The van der Waals surface area contributed by atoms with Gasteiger partial charge in [0.2, 0.25) is 0 Å². The van der Waals surface area contributed by atoms with E-state index in [2.05, 4.69) is 21.9 Å². The minimum absolute atomic E-state index is 0.0428. The normalized spacial score (nSPS) is 26.2. The van der Waals surface area contributed by atoms with Gasteiger partial charge in [-0.1, -0.05) is 18.2 Å². The van der Waals surface area contributed by atoms with Gasteiger partial charge in [-0.15, -0.1) is 0 Å². The van der Waals surface area contributed by atoms with Crippen molar-refractivity contribution in [1.82, 2.24) is 19.8 Å². The molecule has 15 heteroatoms. The molecule has 1 unspecified atom stereocenters. The Labute approximate surface area is 262 Å². The van der Waals surface area contributed by atoms with Crippen LogP contribution < -0.4 is 15.0 Å². The van der Waals surface area contributed by atoms with E-state index < -0.39 is 41.3 Å². The minimum atomic E-state index is -1.76. The van der Waals surface area contributed by atoms with Gasteiger partial charge in [-0.05, 0) is 37.6 Å². The zero-order valence-electron chi connectivity index (χ0n) is 24.5. The fourth-order valence-electron chi connectivity index (χ4n) is 6.67. The molecule has 2 saturated heterocycles. The summed E-state index contributed by atoms with van der Waals surface area (Å²) in [5.74, 6) is -3.06. The number of amides is 2. The first-order valence-corrected chi connectivity index (χ1v) is 15.0. The fraction of sp³-hybridized carbons (Fsp3) is 0.500. The molecule has 4 aliphatic heterocycles. The van der Waals surface area contributed by atoms with E-state index in [1.54, 1.807) is 11.9 Å². The van der Waals surface area contributed by atoms with Crippen molar-refractivity contribution in [1.29, 1.82) is 5.26 Å². The molecule has 11 nitrogen and oxygen atoms in total. The van der Waals surface area contributed by atoms with E-state index in [0.717, 1.165) is 0 Å². The van der Waals surface area contributed by atoms with Crippen LogP contribution in [0, 0.1) is 17.1 Å². The summed E-state index contributed by atoms with van der Waals surface area (Å²) in [7, 11) is 1.80. The molecule has 4 aliphatic rings. The van der Waals surface area contributed by atoms with Crippen LogP contribution in [0.25, 0.3) is 0 Å². The van der Waals surface area contributed by atoms with Crippen molar-refractivity contribution >= 4 is 34.9 Å². The van der Waals surface area contributed by atoms with Crippen molar-refractivity contribution in [3.63, 3.8) is 0 Å². The maximum atomic E-state index is 15.4. The van der Waals surface area contributed by atoms with Gasteiger partial charge in [0.25, 0.3) is 11.8 Å². The number of rotatable bonds is 6. The van der Waals surface area contributed by atoms with Crippen LogP contribution in [0.15, 0.2) is 24.5 Å². The Morgan fingerprint density at radius 3 is 2.82 bits per heavy atom. The molecule has 6 rings (SSSR count). The second kappa shape index (κ2) is 12.1. The molecule has 2 amide bonds. The highest BCUT2D eigenvalue weighted by atomic mass is 35.5. The molecule has 45 heavy (non-hydrogen) atoms. The monoisotopic (exact) mass is 645 g/mol.